The lowest BCUT2D eigenvalue weighted by Crippen LogP contribution is -2.45. The van der Waals surface area contributed by atoms with Gasteiger partial charge in [0.1, 0.15) is 0 Å². The predicted molar refractivity (Wildman–Crippen MR) is 139 cm³/mol. The van der Waals surface area contributed by atoms with E-state index >= 15 is 0 Å². The summed E-state index contributed by atoms with van der Waals surface area (Å²) in [7, 11) is 1.86. The lowest BCUT2D eigenvalue weighted by Gasteiger charge is -2.34. The molecule has 5 rings (SSSR count). The summed E-state index contributed by atoms with van der Waals surface area (Å²) in [6, 6.07) is 22.3. The van der Waals surface area contributed by atoms with Crippen molar-refractivity contribution in [1.29, 1.82) is 0 Å². The van der Waals surface area contributed by atoms with Crippen LogP contribution in [-0.4, -0.2) is 68.1 Å². The molecule has 0 radical (unpaired) electrons. The van der Waals surface area contributed by atoms with E-state index in [2.05, 4.69) is 29.2 Å². The first-order valence-corrected chi connectivity index (χ1v) is 12.5. The first-order valence-electron chi connectivity index (χ1n) is 12.5. The second-order valence-electron chi connectivity index (χ2n) is 9.58. The van der Waals surface area contributed by atoms with E-state index in [9.17, 15) is 9.59 Å². The summed E-state index contributed by atoms with van der Waals surface area (Å²) in [5.41, 5.74) is 3.02. The number of piperidine rings is 1. The minimum atomic E-state index is -0.166. The molecule has 0 N–H and O–H groups in total. The number of rotatable bonds is 5. The van der Waals surface area contributed by atoms with Crippen LogP contribution in [-0.2, 0) is 16.1 Å². The smallest absolute Gasteiger partial charge is 0.254 e. The molecule has 2 amide bonds. The molecule has 182 valence electrons. The zero-order chi connectivity index (χ0) is 24.2. The third kappa shape index (κ3) is 5.17. The maximum Gasteiger partial charge on any atom is 0.254 e. The third-order valence-corrected chi connectivity index (χ3v) is 7.19. The predicted octanol–water partition coefficient (Wildman–Crippen LogP) is 4.19. The highest BCUT2D eigenvalue weighted by molar-refractivity contribution is 6.07. The van der Waals surface area contributed by atoms with Crippen LogP contribution in [0.4, 0.5) is 5.69 Å². The van der Waals surface area contributed by atoms with Crippen molar-refractivity contribution in [3.05, 3.63) is 77.9 Å². The molecule has 3 aromatic carbocycles. The second-order valence-corrected chi connectivity index (χ2v) is 9.58. The summed E-state index contributed by atoms with van der Waals surface area (Å²) in [4.78, 5) is 32.7. The average Bonchev–Trinajstić information content (AvgIpc) is 2.93. The number of amides is 2. The Hall–Kier alpha value is -3.38. The van der Waals surface area contributed by atoms with Crippen molar-refractivity contribution < 1.29 is 14.3 Å². The molecule has 2 heterocycles. The molecule has 6 nitrogen and oxygen atoms in total. The van der Waals surface area contributed by atoms with E-state index < -0.39 is 0 Å². The van der Waals surface area contributed by atoms with E-state index in [1.54, 1.807) is 4.90 Å². The average molecular weight is 472 g/mol. The number of fused-ring (bicyclic) bond motifs is 1. The number of nitrogens with zero attached hydrogens (tertiary/aromatic N) is 3. The Bertz CT molecular complexity index is 1180. The number of benzene rings is 3. The Morgan fingerprint density at radius 1 is 0.943 bits per heavy atom. The van der Waals surface area contributed by atoms with Crippen LogP contribution in [0.25, 0.3) is 10.8 Å². The molecule has 35 heavy (non-hydrogen) atoms. The molecular formula is C29H33N3O3. The van der Waals surface area contributed by atoms with Crippen LogP contribution < -0.4 is 4.90 Å². The van der Waals surface area contributed by atoms with Gasteiger partial charge in [-0.2, -0.15) is 0 Å². The molecule has 0 spiro atoms. The van der Waals surface area contributed by atoms with Gasteiger partial charge in [0.25, 0.3) is 5.91 Å². The van der Waals surface area contributed by atoms with Gasteiger partial charge in [0.2, 0.25) is 5.91 Å². The Labute approximate surface area is 207 Å². The molecule has 0 aliphatic carbocycles. The van der Waals surface area contributed by atoms with E-state index in [-0.39, 0.29) is 17.7 Å². The highest BCUT2D eigenvalue weighted by Gasteiger charge is 2.31. The van der Waals surface area contributed by atoms with Crippen molar-refractivity contribution in [2.45, 2.75) is 19.4 Å². The zero-order valence-electron chi connectivity index (χ0n) is 20.4. The molecule has 2 aliphatic heterocycles. The largest absolute Gasteiger partial charge is 0.378 e. The van der Waals surface area contributed by atoms with Crippen molar-refractivity contribution in [2.24, 2.45) is 5.92 Å². The Morgan fingerprint density at radius 3 is 2.49 bits per heavy atom. The summed E-state index contributed by atoms with van der Waals surface area (Å²) in [6.07, 6.45) is 1.66. The highest BCUT2D eigenvalue weighted by Crippen LogP contribution is 2.25. The molecule has 1 atom stereocenters. The van der Waals surface area contributed by atoms with Crippen molar-refractivity contribution in [2.75, 3.05) is 51.3 Å². The van der Waals surface area contributed by atoms with E-state index in [0.29, 0.717) is 25.2 Å². The quantitative estimate of drug-likeness (QED) is 0.560. The van der Waals surface area contributed by atoms with Crippen LogP contribution in [0, 0.1) is 5.92 Å². The van der Waals surface area contributed by atoms with Gasteiger partial charge in [0.15, 0.2) is 0 Å². The maximum atomic E-state index is 13.4. The molecule has 6 heteroatoms. The van der Waals surface area contributed by atoms with Gasteiger partial charge in [-0.3, -0.25) is 9.59 Å². The number of anilines is 1. The maximum absolute atomic E-state index is 13.4. The minimum Gasteiger partial charge on any atom is -0.378 e. The number of carbonyl (C=O) groups excluding carboxylic acids is 2. The molecule has 0 bridgehead atoms. The number of ether oxygens (including phenoxy) is 1. The Kier molecular flexibility index (Phi) is 7.00. The second kappa shape index (κ2) is 10.5. The summed E-state index contributed by atoms with van der Waals surface area (Å²) in [5.74, 6) is -0.0429. The molecule has 0 saturated carbocycles. The van der Waals surface area contributed by atoms with Crippen LogP contribution in [0.1, 0.15) is 28.8 Å². The number of hydrogen-bond acceptors (Lipinski definition) is 4. The van der Waals surface area contributed by atoms with Crippen LogP contribution in [0.15, 0.2) is 66.7 Å². The number of hydrogen-bond donors (Lipinski definition) is 0. The minimum absolute atomic E-state index is 0.0145. The van der Waals surface area contributed by atoms with Crippen LogP contribution in [0.3, 0.4) is 0 Å². The summed E-state index contributed by atoms with van der Waals surface area (Å²) in [5, 5.41) is 2.02. The van der Waals surface area contributed by atoms with Crippen molar-refractivity contribution in [1.82, 2.24) is 9.80 Å². The van der Waals surface area contributed by atoms with Crippen molar-refractivity contribution in [3.8, 4) is 0 Å². The third-order valence-electron chi connectivity index (χ3n) is 7.19. The number of carbonyl (C=O) groups is 2. The van der Waals surface area contributed by atoms with Gasteiger partial charge >= 0.3 is 0 Å². The van der Waals surface area contributed by atoms with Gasteiger partial charge in [-0.05, 0) is 47.4 Å². The summed E-state index contributed by atoms with van der Waals surface area (Å²) < 4.78 is 5.44. The van der Waals surface area contributed by atoms with E-state index in [0.717, 1.165) is 55.5 Å². The van der Waals surface area contributed by atoms with E-state index in [1.165, 1.54) is 5.69 Å². The molecule has 1 unspecified atom stereocenters. The first-order chi connectivity index (χ1) is 17.1. The normalized spacial score (nSPS) is 18.5. The van der Waals surface area contributed by atoms with Crippen molar-refractivity contribution >= 4 is 28.3 Å². The van der Waals surface area contributed by atoms with E-state index in [4.69, 9.17) is 4.74 Å². The highest BCUT2D eigenvalue weighted by atomic mass is 16.5. The Morgan fingerprint density at radius 2 is 1.69 bits per heavy atom. The molecule has 0 aromatic heterocycles. The standard InChI is InChI=1S/C29H33N3O3/c1-30(20-22-11-13-25(14-12-22)31-16-18-35-19-17-31)28(33)24-8-5-15-32(21-24)29(34)27-10-4-7-23-6-2-3-9-26(23)27/h2-4,6-7,9-14,24H,5,8,15-21H2,1H3. The first kappa shape index (κ1) is 23.4. The van der Waals surface area contributed by atoms with E-state index in [1.807, 2.05) is 54.4 Å². The fourth-order valence-electron chi connectivity index (χ4n) is 5.24. The number of morpholine rings is 1. The molecule has 3 aromatic rings. The Balaban J connectivity index is 1.22. The lowest BCUT2D eigenvalue weighted by molar-refractivity contribution is -0.136. The van der Waals surface area contributed by atoms with Gasteiger partial charge in [-0.25, -0.2) is 0 Å². The van der Waals surface area contributed by atoms with Gasteiger partial charge in [-0.15, -0.1) is 0 Å². The summed E-state index contributed by atoms with van der Waals surface area (Å²) in [6.45, 7) is 5.08. The van der Waals surface area contributed by atoms with Crippen LogP contribution >= 0.6 is 0 Å². The summed E-state index contributed by atoms with van der Waals surface area (Å²) >= 11 is 0. The molecule has 2 fully saturated rings. The molecule has 2 saturated heterocycles. The monoisotopic (exact) mass is 471 g/mol. The van der Waals surface area contributed by atoms with Crippen LogP contribution in [0.5, 0.6) is 0 Å². The molecule has 2 aliphatic rings. The van der Waals surface area contributed by atoms with Gasteiger partial charge in [0, 0.05) is 51.0 Å². The lowest BCUT2D eigenvalue weighted by atomic mass is 9.95. The van der Waals surface area contributed by atoms with Crippen LogP contribution in [0.2, 0.25) is 0 Å². The van der Waals surface area contributed by atoms with Gasteiger partial charge in [0.05, 0.1) is 19.1 Å². The fourth-order valence-corrected chi connectivity index (χ4v) is 5.24. The SMILES string of the molecule is CN(Cc1ccc(N2CCOCC2)cc1)C(=O)C1CCCN(C(=O)c2cccc3ccccc23)C1. The fraction of sp³-hybridized carbons (Fsp3) is 0.379. The van der Waals surface area contributed by atoms with Crippen molar-refractivity contribution in [3.63, 3.8) is 0 Å². The number of likely N-dealkylation sites (tertiary alicyclic amines) is 1. The van der Waals surface area contributed by atoms with Gasteiger partial charge in [-0.1, -0.05) is 48.5 Å². The zero-order valence-corrected chi connectivity index (χ0v) is 20.4. The van der Waals surface area contributed by atoms with Gasteiger partial charge < -0.3 is 19.4 Å². The topological polar surface area (TPSA) is 53.1 Å². The molecular weight excluding hydrogens is 438 g/mol.